The number of pyridine rings is 1. The number of halogens is 1. The van der Waals surface area contributed by atoms with E-state index in [9.17, 15) is 9.90 Å². The van der Waals surface area contributed by atoms with Crippen LogP contribution in [0.2, 0.25) is 5.02 Å². The van der Waals surface area contributed by atoms with Crippen LogP contribution >= 0.6 is 23.4 Å². The summed E-state index contributed by atoms with van der Waals surface area (Å²) in [6, 6.07) is 15.1. The van der Waals surface area contributed by atoms with Gasteiger partial charge in [0.1, 0.15) is 5.52 Å². The summed E-state index contributed by atoms with van der Waals surface area (Å²) in [6.07, 6.45) is 0. The third kappa shape index (κ3) is 4.06. The summed E-state index contributed by atoms with van der Waals surface area (Å²) >= 11 is 7.89. The molecule has 3 rings (SSSR count). The first-order valence-corrected chi connectivity index (χ1v) is 9.17. The van der Waals surface area contributed by atoms with Crippen LogP contribution in [-0.4, -0.2) is 28.3 Å². The molecule has 2 N–H and O–H groups in total. The molecule has 0 saturated carbocycles. The zero-order valence-corrected chi connectivity index (χ0v) is 15.2. The van der Waals surface area contributed by atoms with Crippen LogP contribution in [0.3, 0.4) is 0 Å². The van der Waals surface area contributed by atoms with Crippen molar-refractivity contribution < 1.29 is 9.90 Å². The van der Waals surface area contributed by atoms with Crippen molar-refractivity contribution in [2.45, 2.75) is 11.8 Å². The highest BCUT2D eigenvalue weighted by atomic mass is 35.5. The molecular weight excluding hydrogens is 356 g/mol. The molecule has 4 nitrogen and oxygen atoms in total. The standard InChI is InChI=1S/C19H17ClN2O2S/c1-12-7-8-14-16(20)11-15(18(23)17(14)22-12)19(24)21-9-10-25-13-5-3-2-4-6-13/h2-8,11,23H,9-10H2,1H3,(H,21,24). The van der Waals surface area contributed by atoms with E-state index in [2.05, 4.69) is 10.3 Å². The van der Waals surface area contributed by atoms with Crippen molar-refractivity contribution in [2.75, 3.05) is 12.3 Å². The largest absolute Gasteiger partial charge is 0.505 e. The van der Waals surface area contributed by atoms with E-state index >= 15 is 0 Å². The van der Waals surface area contributed by atoms with Gasteiger partial charge in [-0.05, 0) is 37.3 Å². The number of hydrogen-bond acceptors (Lipinski definition) is 4. The first-order valence-electron chi connectivity index (χ1n) is 7.81. The number of aryl methyl sites for hydroxylation is 1. The van der Waals surface area contributed by atoms with E-state index in [1.165, 1.54) is 6.07 Å². The van der Waals surface area contributed by atoms with Gasteiger partial charge in [-0.1, -0.05) is 29.8 Å². The maximum Gasteiger partial charge on any atom is 0.255 e. The molecule has 3 aromatic rings. The number of carbonyl (C=O) groups is 1. The molecule has 0 fully saturated rings. The Balaban J connectivity index is 1.70. The third-order valence-electron chi connectivity index (χ3n) is 3.69. The Kier molecular flexibility index (Phi) is 5.46. The second-order valence-corrected chi connectivity index (χ2v) is 7.10. The molecule has 128 valence electrons. The molecule has 1 heterocycles. The first-order chi connectivity index (χ1) is 12.1. The number of hydrogen-bond donors (Lipinski definition) is 2. The molecule has 25 heavy (non-hydrogen) atoms. The molecule has 0 aliphatic carbocycles. The number of amides is 1. The predicted molar refractivity (Wildman–Crippen MR) is 103 cm³/mol. The minimum absolute atomic E-state index is 0.139. The molecule has 0 saturated heterocycles. The number of phenolic OH excluding ortho intramolecular Hbond substituents is 1. The number of nitrogens with zero attached hydrogens (tertiary/aromatic N) is 1. The average molecular weight is 373 g/mol. The normalized spacial score (nSPS) is 10.8. The van der Waals surface area contributed by atoms with Gasteiger partial charge in [0.25, 0.3) is 5.91 Å². The summed E-state index contributed by atoms with van der Waals surface area (Å²) in [5, 5.41) is 14.2. The minimum Gasteiger partial charge on any atom is -0.505 e. The van der Waals surface area contributed by atoms with Gasteiger partial charge >= 0.3 is 0 Å². The average Bonchev–Trinajstić information content (AvgIpc) is 2.62. The molecule has 1 aromatic heterocycles. The van der Waals surface area contributed by atoms with Crippen molar-refractivity contribution in [1.29, 1.82) is 0 Å². The maximum absolute atomic E-state index is 12.4. The van der Waals surface area contributed by atoms with Crippen molar-refractivity contribution in [3.63, 3.8) is 0 Å². The van der Waals surface area contributed by atoms with E-state index in [4.69, 9.17) is 11.6 Å². The van der Waals surface area contributed by atoms with Gasteiger partial charge < -0.3 is 10.4 Å². The Hall–Kier alpha value is -2.24. The fourth-order valence-corrected chi connectivity index (χ4v) is 3.50. The monoisotopic (exact) mass is 372 g/mol. The number of aromatic hydroxyl groups is 1. The summed E-state index contributed by atoms with van der Waals surface area (Å²) in [4.78, 5) is 17.8. The van der Waals surface area contributed by atoms with Gasteiger partial charge in [-0.15, -0.1) is 11.8 Å². The Labute approximate surface area is 155 Å². The fourth-order valence-electron chi connectivity index (χ4n) is 2.45. The highest BCUT2D eigenvalue weighted by Crippen LogP contribution is 2.33. The lowest BCUT2D eigenvalue weighted by atomic mass is 10.1. The predicted octanol–water partition coefficient (Wildman–Crippen LogP) is 4.42. The van der Waals surface area contributed by atoms with Crippen LogP contribution in [0.4, 0.5) is 0 Å². The zero-order valence-electron chi connectivity index (χ0n) is 13.6. The van der Waals surface area contributed by atoms with Crippen molar-refractivity contribution >= 4 is 40.2 Å². The van der Waals surface area contributed by atoms with Crippen molar-refractivity contribution in [3.8, 4) is 5.75 Å². The van der Waals surface area contributed by atoms with Crippen molar-refractivity contribution in [3.05, 3.63) is 64.8 Å². The molecule has 0 atom stereocenters. The van der Waals surface area contributed by atoms with Gasteiger partial charge in [0.05, 0.1) is 10.6 Å². The van der Waals surface area contributed by atoms with Gasteiger partial charge in [-0.2, -0.15) is 0 Å². The number of nitrogens with one attached hydrogen (secondary N) is 1. The van der Waals surface area contributed by atoms with Gasteiger partial charge in [-0.3, -0.25) is 4.79 Å². The summed E-state index contributed by atoms with van der Waals surface area (Å²) in [6.45, 7) is 2.30. The number of benzene rings is 2. The number of thioether (sulfide) groups is 1. The Bertz CT molecular complexity index is 916. The summed E-state index contributed by atoms with van der Waals surface area (Å²) < 4.78 is 0. The molecule has 0 spiro atoms. The second kappa shape index (κ2) is 7.76. The highest BCUT2D eigenvalue weighted by molar-refractivity contribution is 7.99. The SMILES string of the molecule is Cc1ccc2c(Cl)cc(C(=O)NCCSc3ccccc3)c(O)c2n1. The van der Waals surface area contributed by atoms with E-state index in [1.807, 2.05) is 43.3 Å². The van der Waals surface area contributed by atoms with E-state index in [1.54, 1.807) is 17.8 Å². The van der Waals surface area contributed by atoms with Gasteiger partial charge in [0, 0.05) is 28.3 Å². The Morgan fingerprint density at radius 3 is 2.76 bits per heavy atom. The second-order valence-electron chi connectivity index (χ2n) is 5.52. The molecular formula is C19H17ClN2O2S. The van der Waals surface area contributed by atoms with Crippen molar-refractivity contribution in [2.24, 2.45) is 0 Å². The molecule has 0 aliphatic rings. The smallest absolute Gasteiger partial charge is 0.255 e. The first kappa shape index (κ1) is 17.6. The van der Waals surface area contributed by atoms with Crippen LogP contribution in [0.15, 0.2) is 53.4 Å². The highest BCUT2D eigenvalue weighted by Gasteiger charge is 2.17. The number of aromatic nitrogens is 1. The molecule has 0 bridgehead atoms. The lowest BCUT2D eigenvalue weighted by Crippen LogP contribution is -2.25. The quantitative estimate of drug-likeness (QED) is 0.514. The lowest BCUT2D eigenvalue weighted by Gasteiger charge is -2.10. The molecule has 0 radical (unpaired) electrons. The van der Waals surface area contributed by atoms with E-state index in [-0.39, 0.29) is 17.2 Å². The number of carbonyl (C=O) groups excluding carboxylic acids is 1. The van der Waals surface area contributed by atoms with Crippen LogP contribution in [-0.2, 0) is 0 Å². The van der Waals surface area contributed by atoms with Gasteiger partial charge in [0.15, 0.2) is 5.75 Å². The molecule has 1 amide bonds. The topological polar surface area (TPSA) is 62.2 Å². The van der Waals surface area contributed by atoms with Crippen molar-refractivity contribution in [1.82, 2.24) is 10.3 Å². The van der Waals surface area contributed by atoms with Crippen LogP contribution in [0, 0.1) is 6.92 Å². The summed E-state index contributed by atoms with van der Waals surface area (Å²) in [5.74, 6) is 0.226. The maximum atomic E-state index is 12.4. The summed E-state index contributed by atoms with van der Waals surface area (Å²) in [7, 11) is 0. The third-order valence-corrected chi connectivity index (χ3v) is 5.01. The fraction of sp³-hybridized carbons (Fsp3) is 0.158. The van der Waals surface area contributed by atoms with Crippen LogP contribution < -0.4 is 5.32 Å². The van der Waals surface area contributed by atoms with Crippen LogP contribution in [0.1, 0.15) is 16.1 Å². The Morgan fingerprint density at radius 2 is 2.00 bits per heavy atom. The van der Waals surface area contributed by atoms with Crippen LogP contribution in [0.25, 0.3) is 10.9 Å². The lowest BCUT2D eigenvalue weighted by molar-refractivity contribution is 0.0953. The Morgan fingerprint density at radius 1 is 1.24 bits per heavy atom. The molecule has 2 aromatic carbocycles. The van der Waals surface area contributed by atoms with E-state index < -0.39 is 0 Å². The van der Waals surface area contributed by atoms with Gasteiger partial charge in [0.2, 0.25) is 0 Å². The minimum atomic E-state index is -0.363. The number of rotatable bonds is 5. The number of phenols is 1. The molecule has 0 unspecified atom stereocenters. The summed E-state index contributed by atoms with van der Waals surface area (Å²) in [5.41, 5.74) is 1.23. The van der Waals surface area contributed by atoms with E-state index in [0.717, 1.165) is 16.3 Å². The zero-order chi connectivity index (χ0) is 17.8. The van der Waals surface area contributed by atoms with E-state index in [0.29, 0.717) is 22.5 Å². The van der Waals surface area contributed by atoms with Gasteiger partial charge in [-0.25, -0.2) is 4.98 Å². The number of fused-ring (bicyclic) bond motifs is 1. The van der Waals surface area contributed by atoms with Crippen LogP contribution in [0.5, 0.6) is 5.75 Å². The molecule has 0 aliphatic heterocycles. The molecule has 6 heteroatoms.